The molecule has 0 N–H and O–H groups in total. The van der Waals surface area contributed by atoms with Crippen molar-refractivity contribution in [3.05, 3.63) is 35.9 Å². The summed E-state index contributed by atoms with van der Waals surface area (Å²) in [4.78, 5) is 0. The zero-order chi connectivity index (χ0) is 13.4. The van der Waals surface area contributed by atoms with Gasteiger partial charge in [0.2, 0.25) is 0 Å². The van der Waals surface area contributed by atoms with Crippen LogP contribution < -0.4 is 0 Å². The molecule has 0 aliphatic heterocycles. The molecule has 0 heterocycles. The summed E-state index contributed by atoms with van der Waals surface area (Å²) in [6.07, 6.45) is 2.39. The molecule has 0 saturated carbocycles. The second kappa shape index (κ2) is 7.72. The van der Waals surface area contributed by atoms with Crippen LogP contribution in [0.2, 0.25) is 12.1 Å². The van der Waals surface area contributed by atoms with Crippen LogP contribution in [0.25, 0.3) is 0 Å². The third kappa shape index (κ3) is 4.23. The molecule has 1 unspecified atom stereocenters. The van der Waals surface area contributed by atoms with Crippen molar-refractivity contribution in [2.75, 3.05) is 14.2 Å². The molecule has 0 aliphatic carbocycles. The van der Waals surface area contributed by atoms with E-state index in [1.54, 1.807) is 0 Å². The molecule has 18 heavy (non-hydrogen) atoms. The number of hydrogen-bond acceptors (Lipinski definition) is 2. The predicted octanol–water partition coefficient (Wildman–Crippen LogP) is 4.33. The molecule has 102 valence electrons. The largest absolute Gasteiger partial charge is 0.398 e. The van der Waals surface area contributed by atoms with Crippen molar-refractivity contribution < 1.29 is 8.85 Å². The highest BCUT2D eigenvalue weighted by Gasteiger charge is 2.36. The van der Waals surface area contributed by atoms with Crippen LogP contribution in [0.1, 0.15) is 38.2 Å². The highest BCUT2D eigenvalue weighted by atomic mass is 28.4. The first-order chi connectivity index (χ1) is 8.67. The molecule has 2 nitrogen and oxygen atoms in total. The first-order valence-corrected chi connectivity index (χ1v) is 9.05. The summed E-state index contributed by atoms with van der Waals surface area (Å²) in [6.45, 7) is 4.48. The van der Waals surface area contributed by atoms with Gasteiger partial charge in [-0.05, 0) is 23.6 Å². The lowest BCUT2D eigenvalue weighted by molar-refractivity contribution is 0.237. The van der Waals surface area contributed by atoms with Gasteiger partial charge >= 0.3 is 8.56 Å². The van der Waals surface area contributed by atoms with Gasteiger partial charge in [-0.25, -0.2) is 0 Å². The van der Waals surface area contributed by atoms with Crippen LogP contribution in [0, 0.1) is 0 Å². The molecule has 3 heteroatoms. The second-order valence-electron chi connectivity index (χ2n) is 4.94. The summed E-state index contributed by atoms with van der Waals surface area (Å²) in [5, 5.41) is 0. The first kappa shape index (κ1) is 15.4. The van der Waals surface area contributed by atoms with Gasteiger partial charge in [-0.2, -0.15) is 0 Å². The van der Waals surface area contributed by atoms with E-state index in [9.17, 15) is 0 Å². The smallest absolute Gasteiger partial charge is 0.338 e. The maximum atomic E-state index is 5.80. The van der Waals surface area contributed by atoms with Crippen molar-refractivity contribution >= 4 is 8.56 Å². The minimum absolute atomic E-state index is 0.495. The van der Waals surface area contributed by atoms with Gasteiger partial charge in [0, 0.05) is 14.2 Å². The molecule has 1 rings (SSSR count). The number of rotatable bonds is 8. The summed E-state index contributed by atoms with van der Waals surface area (Å²) < 4.78 is 11.6. The van der Waals surface area contributed by atoms with Crippen LogP contribution in [0.4, 0.5) is 0 Å². The molecule has 0 fully saturated rings. The van der Waals surface area contributed by atoms with Gasteiger partial charge in [-0.3, -0.25) is 0 Å². The Balaban J connectivity index is 2.71. The molecule has 0 aromatic heterocycles. The standard InChI is InChI=1S/C15H26O2Si/c1-5-6-12-18(16-3,17-4)13-14(2)15-10-8-7-9-11-15/h7-11,14H,5-6,12-13H2,1-4H3. The Labute approximate surface area is 113 Å². The predicted molar refractivity (Wildman–Crippen MR) is 79.2 cm³/mol. The fourth-order valence-electron chi connectivity index (χ4n) is 2.37. The monoisotopic (exact) mass is 266 g/mol. The maximum Gasteiger partial charge on any atom is 0.338 e. The summed E-state index contributed by atoms with van der Waals surface area (Å²) in [7, 11) is 1.61. The van der Waals surface area contributed by atoms with E-state index in [-0.39, 0.29) is 0 Å². The van der Waals surface area contributed by atoms with Gasteiger partial charge < -0.3 is 8.85 Å². The Kier molecular flexibility index (Phi) is 6.61. The Hall–Kier alpha value is -0.643. The van der Waals surface area contributed by atoms with Crippen molar-refractivity contribution in [2.45, 2.75) is 44.7 Å². The van der Waals surface area contributed by atoms with Crippen molar-refractivity contribution in [2.24, 2.45) is 0 Å². The van der Waals surface area contributed by atoms with Gasteiger partial charge in [0.05, 0.1) is 0 Å². The van der Waals surface area contributed by atoms with Gasteiger partial charge in [-0.15, -0.1) is 0 Å². The quantitative estimate of drug-likeness (QED) is 0.652. The normalized spacial score (nSPS) is 13.6. The minimum Gasteiger partial charge on any atom is -0.398 e. The highest BCUT2D eigenvalue weighted by Crippen LogP contribution is 2.30. The fourth-order valence-corrected chi connectivity index (χ4v) is 5.54. The molecule has 0 bridgehead atoms. The van der Waals surface area contributed by atoms with Crippen LogP contribution in [0.5, 0.6) is 0 Å². The molecule has 0 amide bonds. The average Bonchev–Trinajstić information content (AvgIpc) is 2.44. The average molecular weight is 266 g/mol. The summed E-state index contributed by atoms with van der Waals surface area (Å²) in [5.41, 5.74) is 1.37. The Morgan fingerprint density at radius 1 is 1.11 bits per heavy atom. The van der Waals surface area contributed by atoms with Crippen LogP contribution in [0.15, 0.2) is 30.3 Å². The van der Waals surface area contributed by atoms with Crippen LogP contribution in [-0.4, -0.2) is 22.8 Å². The third-order valence-corrected chi connectivity index (χ3v) is 7.48. The molecule has 0 radical (unpaired) electrons. The molecule has 0 spiro atoms. The van der Waals surface area contributed by atoms with Gasteiger partial charge in [0.15, 0.2) is 0 Å². The number of hydrogen-bond donors (Lipinski definition) is 0. The zero-order valence-electron chi connectivity index (χ0n) is 12.1. The summed E-state index contributed by atoms with van der Waals surface area (Å²) in [6, 6.07) is 12.8. The van der Waals surface area contributed by atoms with E-state index < -0.39 is 8.56 Å². The van der Waals surface area contributed by atoms with Crippen molar-refractivity contribution in [1.82, 2.24) is 0 Å². The van der Waals surface area contributed by atoms with Crippen LogP contribution in [-0.2, 0) is 8.85 Å². The Morgan fingerprint density at radius 3 is 2.22 bits per heavy atom. The van der Waals surface area contributed by atoms with E-state index in [0.717, 1.165) is 12.1 Å². The number of unbranched alkanes of at least 4 members (excludes halogenated alkanes) is 1. The molecular weight excluding hydrogens is 240 g/mol. The minimum atomic E-state index is -2.01. The fraction of sp³-hybridized carbons (Fsp3) is 0.600. The molecule has 1 atom stereocenters. The van der Waals surface area contributed by atoms with E-state index in [2.05, 4.69) is 44.2 Å². The van der Waals surface area contributed by atoms with Crippen molar-refractivity contribution in [1.29, 1.82) is 0 Å². The van der Waals surface area contributed by atoms with E-state index >= 15 is 0 Å². The molecule has 0 saturated heterocycles. The maximum absolute atomic E-state index is 5.80. The molecule has 1 aromatic rings. The lowest BCUT2D eigenvalue weighted by Crippen LogP contribution is -2.41. The zero-order valence-corrected chi connectivity index (χ0v) is 13.1. The third-order valence-electron chi connectivity index (χ3n) is 3.64. The summed E-state index contributed by atoms with van der Waals surface area (Å²) in [5.74, 6) is 0.495. The molecule has 1 aromatic carbocycles. The molecular formula is C15H26O2Si. The SMILES string of the molecule is CCCC[Si](CC(C)c1ccccc1)(OC)OC. The highest BCUT2D eigenvalue weighted by molar-refractivity contribution is 6.67. The number of benzene rings is 1. The van der Waals surface area contributed by atoms with E-state index in [1.807, 2.05) is 14.2 Å². The van der Waals surface area contributed by atoms with E-state index in [0.29, 0.717) is 5.92 Å². The second-order valence-corrected chi connectivity index (χ2v) is 8.48. The Morgan fingerprint density at radius 2 is 1.72 bits per heavy atom. The van der Waals surface area contributed by atoms with E-state index in [4.69, 9.17) is 8.85 Å². The lowest BCUT2D eigenvalue weighted by Gasteiger charge is -2.30. The van der Waals surface area contributed by atoms with Gasteiger partial charge in [0.1, 0.15) is 0 Å². The van der Waals surface area contributed by atoms with Gasteiger partial charge in [0.25, 0.3) is 0 Å². The van der Waals surface area contributed by atoms with E-state index in [1.165, 1.54) is 18.4 Å². The Bertz CT molecular complexity index is 323. The molecule has 0 aliphatic rings. The first-order valence-electron chi connectivity index (χ1n) is 6.82. The van der Waals surface area contributed by atoms with Gasteiger partial charge in [-0.1, -0.05) is 57.0 Å². The van der Waals surface area contributed by atoms with Crippen molar-refractivity contribution in [3.63, 3.8) is 0 Å². The summed E-state index contributed by atoms with van der Waals surface area (Å²) >= 11 is 0. The van der Waals surface area contributed by atoms with Crippen LogP contribution >= 0.6 is 0 Å². The lowest BCUT2D eigenvalue weighted by atomic mass is 10.0. The van der Waals surface area contributed by atoms with Crippen LogP contribution in [0.3, 0.4) is 0 Å². The van der Waals surface area contributed by atoms with Crippen molar-refractivity contribution in [3.8, 4) is 0 Å². The topological polar surface area (TPSA) is 18.5 Å².